The summed E-state index contributed by atoms with van der Waals surface area (Å²) >= 11 is 0. The molecule has 0 saturated carbocycles. The molecule has 0 aliphatic carbocycles. The van der Waals surface area contributed by atoms with Crippen LogP contribution in [0, 0.1) is 0 Å². The Kier molecular flexibility index (Phi) is 6.14. The summed E-state index contributed by atoms with van der Waals surface area (Å²) < 4.78 is 0. The third kappa shape index (κ3) is 4.36. The summed E-state index contributed by atoms with van der Waals surface area (Å²) in [6, 6.07) is 6.46. The Morgan fingerprint density at radius 1 is 1.20 bits per heavy atom. The van der Waals surface area contributed by atoms with Gasteiger partial charge in [-0.05, 0) is 47.0 Å². The van der Waals surface area contributed by atoms with Gasteiger partial charge in [-0.15, -0.1) is 0 Å². The normalized spacial score (nSPS) is 16.3. The predicted octanol–water partition coefficient (Wildman–Crippen LogP) is 0.667. The number of amides is 3. The number of nitrogens with one attached hydrogen (secondary N) is 2. The van der Waals surface area contributed by atoms with E-state index < -0.39 is 17.9 Å². The highest BCUT2D eigenvalue weighted by Gasteiger charge is 2.39. The van der Waals surface area contributed by atoms with E-state index in [2.05, 4.69) is 10.6 Å². The van der Waals surface area contributed by atoms with Gasteiger partial charge < -0.3 is 20.4 Å². The average Bonchev–Trinajstić information content (AvgIpc) is 2.83. The minimum Gasteiger partial charge on any atom is -0.348 e. The van der Waals surface area contributed by atoms with Crippen LogP contribution in [0.2, 0.25) is 0 Å². The van der Waals surface area contributed by atoms with Crippen molar-refractivity contribution in [3.63, 3.8) is 0 Å². The van der Waals surface area contributed by atoms with Crippen molar-refractivity contribution in [1.29, 1.82) is 0 Å². The van der Waals surface area contributed by atoms with Gasteiger partial charge in [0.25, 0.3) is 5.91 Å². The second kappa shape index (κ2) is 8.11. The van der Waals surface area contributed by atoms with E-state index in [-0.39, 0.29) is 11.9 Å². The third-order valence-electron chi connectivity index (χ3n) is 4.06. The third-order valence-corrected chi connectivity index (χ3v) is 4.06. The fourth-order valence-electron chi connectivity index (χ4n) is 2.89. The fraction of sp³-hybridized carbons (Fsp3) is 0.500. The van der Waals surface area contributed by atoms with Gasteiger partial charge in [-0.3, -0.25) is 14.4 Å². The SMILES string of the molecule is CC(C)N1C(=O)[C@@H](NC(=O)C(=O)NCCCN(C)C)c2ccccc21. The Balaban J connectivity index is 2.01. The first-order valence-electron chi connectivity index (χ1n) is 8.48. The number of rotatable bonds is 6. The maximum Gasteiger partial charge on any atom is 0.310 e. The summed E-state index contributed by atoms with van der Waals surface area (Å²) in [5.41, 5.74) is 1.49. The van der Waals surface area contributed by atoms with Crippen LogP contribution in [-0.2, 0) is 14.4 Å². The Labute approximate surface area is 148 Å². The van der Waals surface area contributed by atoms with Crippen molar-refractivity contribution in [2.75, 3.05) is 32.1 Å². The molecule has 0 fully saturated rings. The molecule has 0 aromatic heterocycles. The highest BCUT2D eigenvalue weighted by atomic mass is 16.2. The Morgan fingerprint density at radius 3 is 2.52 bits per heavy atom. The van der Waals surface area contributed by atoms with Crippen molar-refractivity contribution in [2.24, 2.45) is 0 Å². The van der Waals surface area contributed by atoms with Crippen LogP contribution in [0.15, 0.2) is 24.3 Å². The van der Waals surface area contributed by atoms with Crippen molar-refractivity contribution in [3.8, 4) is 0 Å². The van der Waals surface area contributed by atoms with Crippen LogP contribution >= 0.6 is 0 Å². The Bertz CT molecular complexity index is 657. The van der Waals surface area contributed by atoms with Crippen LogP contribution in [0.1, 0.15) is 31.9 Å². The minimum atomic E-state index is -0.821. The van der Waals surface area contributed by atoms with Crippen molar-refractivity contribution < 1.29 is 14.4 Å². The summed E-state index contributed by atoms with van der Waals surface area (Å²) in [5, 5.41) is 5.15. The van der Waals surface area contributed by atoms with E-state index >= 15 is 0 Å². The van der Waals surface area contributed by atoms with Crippen LogP contribution in [0.25, 0.3) is 0 Å². The van der Waals surface area contributed by atoms with Crippen molar-refractivity contribution in [1.82, 2.24) is 15.5 Å². The lowest BCUT2D eigenvalue weighted by Crippen LogP contribution is -2.45. The lowest BCUT2D eigenvalue weighted by atomic mass is 10.1. The summed E-state index contributed by atoms with van der Waals surface area (Å²) in [7, 11) is 3.89. The van der Waals surface area contributed by atoms with E-state index in [1.54, 1.807) is 11.0 Å². The molecule has 1 aromatic rings. The molecule has 1 aliphatic rings. The first kappa shape index (κ1) is 18.9. The minimum absolute atomic E-state index is 0.0320. The van der Waals surface area contributed by atoms with Crippen LogP contribution in [0.4, 0.5) is 5.69 Å². The van der Waals surface area contributed by atoms with Gasteiger partial charge in [0.15, 0.2) is 0 Å². The molecule has 7 nitrogen and oxygen atoms in total. The maximum atomic E-state index is 12.7. The molecule has 2 N–H and O–H groups in total. The van der Waals surface area contributed by atoms with E-state index in [4.69, 9.17) is 0 Å². The monoisotopic (exact) mass is 346 g/mol. The van der Waals surface area contributed by atoms with Crippen molar-refractivity contribution in [2.45, 2.75) is 32.4 Å². The molecule has 0 radical (unpaired) electrons. The zero-order valence-electron chi connectivity index (χ0n) is 15.2. The van der Waals surface area contributed by atoms with Gasteiger partial charge in [-0.1, -0.05) is 18.2 Å². The molecule has 1 atom stereocenters. The van der Waals surface area contributed by atoms with E-state index in [1.165, 1.54) is 0 Å². The van der Waals surface area contributed by atoms with Gasteiger partial charge in [0.05, 0.1) is 0 Å². The Morgan fingerprint density at radius 2 is 1.88 bits per heavy atom. The summed E-state index contributed by atoms with van der Waals surface area (Å²) in [6.45, 7) is 5.06. The van der Waals surface area contributed by atoms with Crippen molar-refractivity contribution in [3.05, 3.63) is 29.8 Å². The van der Waals surface area contributed by atoms with E-state index in [9.17, 15) is 14.4 Å². The summed E-state index contributed by atoms with van der Waals surface area (Å²) in [6.07, 6.45) is 0.748. The quantitative estimate of drug-likeness (QED) is 0.586. The van der Waals surface area contributed by atoms with Crippen molar-refractivity contribution >= 4 is 23.4 Å². The van der Waals surface area contributed by atoms with Gasteiger partial charge in [-0.25, -0.2) is 0 Å². The standard InChI is InChI=1S/C18H26N4O3/c1-12(2)22-14-9-6-5-8-13(14)15(18(22)25)20-17(24)16(23)19-10-7-11-21(3)4/h5-6,8-9,12,15H,7,10-11H2,1-4H3,(H,19,23)(H,20,24)/t15-/m0/s1. The average molecular weight is 346 g/mol. The number of nitrogens with zero attached hydrogens (tertiary/aromatic N) is 2. The molecule has 7 heteroatoms. The lowest BCUT2D eigenvalue weighted by molar-refractivity contribution is -0.140. The van der Waals surface area contributed by atoms with E-state index in [1.807, 2.05) is 51.0 Å². The summed E-state index contributed by atoms with van der Waals surface area (Å²) in [5.74, 6) is -1.72. The first-order chi connectivity index (χ1) is 11.8. The molecular weight excluding hydrogens is 320 g/mol. The number of carbonyl (C=O) groups excluding carboxylic acids is 3. The van der Waals surface area contributed by atoms with Crippen LogP contribution in [0.3, 0.4) is 0 Å². The number of hydrogen-bond acceptors (Lipinski definition) is 4. The van der Waals surface area contributed by atoms with E-state index in [0.717, 1.165) is 24.2 Å². The highest BCUT2D eigenvalue weighted by Crippen LogP contribution is 2.36. The molecule has 25 heavy (non-hydrogen) atoms. The molecule has 0 saturated heterocycles. The molecule has 0 bridgehead atoms. The highest BCUT2D eigenvalue weighted by molar-refractivity contribution is 6.35. The molecule has 1 aromatic carbocycles. The van der Waals surface area contributed by atoms with Gasteiger partial charge in [0, 0.05) is 23.8 Å². The summed E-state index contributed by atoms with van der Waals surface area (Å²) in [4.78, 5) is 40.4. The molecule has 1 aliphatic heterocycles. The molecule has 0 spiro atoms. The van der Waals surface area contributed by atoms with Crippen LogP contribution < -0.4 is 15.5 Å². The van der Waals surface area contributed by atoms with E-state index in [0.29, 0.717) is 6.54 Å². The second-order valence-electron chi connectivity index (χ2n) is 6.68. The molecule has 0 unspecified atom stereocenters. The van der Waals surface area contributed by atoms with Crippen LogP contribution in [0.5, 0.6) is 0 Å². The Hall–Kier alpha value is -2.41. The first-order valence-corrected chi connectivity index (χ1v) is 8.48. The number of para-hydroxylation sites is 1. The number of fused-ring (bicyclic) bond motifs is 1. The molecule has 2 rings (SSSR count). The molecule has 136 valence electrons. The van der Waals surface area contributed by atoms with Gasteiger partial charge >= 0.3 is 11.8 Å². The fourth-order valence-corrected chi connectivity index (χ4v) is 2.89. The zero-order chi connectivity index (χ0) is 18.6. The molecular formula is C18H26N4O3. The van der Waals surface area contributed by atoms with Crippen LogP contribution in [-0.4, -0.2) is 55.8 Å². The zero-order valence-corrected chi connectivity index (χ0v) is 15.2. The van der Waals surface area contributed by atoms with Gasteiger partial charge in [0.2, 0.25) is 0 Å². The topological polar surface area (TPSA) is 81.8 Å². The maximum absolute atomic E-state index is 12.7. The van der Waals surface area contributed by atoms with Gasteiger partial charge in [-0.2, -0.15) is 0 Å². The smallest absolute Gasteiger partial charge is 0.310 e. The molecule has 1 heterocycles. The van der Waals surface area contributed by atoms with Gasteiger partial charge in [0.1, 0.15) is 6.04 Å². The number of benzene rings is 1. The number of hydrogen-bond donors (Lipinski definition) is 2. The second-order valence-corrected chi connectivity index (χ2v) is 6.68. The molecule has 3 amide bonds. The largest absolute Gasteiger partial charge is 0.348 e. The number of carbonyl (C=O) groups is 3. The predicted molar refractivity (Wildman–Crippen MR) is 96.1 cm³/mol. The lowest BCUT2D eigenvalue weighted by Gasteiger charge is -2.22. The number of anilines is 1.